The number of hydrogen-bond acceptors (Lipinski definition) is 3. The summed E-state index contributed by atoms with van der Waals surface area (Å²) in [4.78, 5) is 11.0. The normalized spacial score (nSPS) is 21.4. The van der Waals surface area contributed by atoms with Crippen molar-refractivity contribution in [3.63, 3.8) is 0 Å². The van der Waals surface area contributed by atoms with Crippen LogP contribution in [0.2, 0.25) is 0 Å². The Labute approximate surface area is 108 Å². The van der Waals surface area contributed by atoms with Crippen LogP contribution >= 0.6 is 22.9 Å². The van der Waals surface area contributed by atoms with Crippen LogP contribution in [0.4, 0.5) is 0 Å². The first-order valence-corrected chi connectivity index (χ1v) is 6.33. The highest BCUT2D eigenvalue weighted by molar-refractivity contribution is 8.20. The topological polar surface area (TPSA) is 50.7 Å². The van der Waals surface area contributed by atoms with E-state index < -0.39 is 0 Å². The fourth-order valence-electron chi connectivity index (χ4n) is 1.81. The van der Waals surface area contributed by atoms with E-state index in [1.165, 1.54) is 9.76 Å². The maximum atomic E-state index is 5.97. The molecule has 1 aromatic rings. The highest BCUT2D eigenvalue weighted by Gasteiger charge is 2.22. The lowest BCUT2D eigenvalue weighted by Crippen LogP contribution is -2.22. The van der Waals surface area contributed by atoms with E-state index in [1.54, 1.807) is 6.34 Å². The van der Waals surface area contributed by atoms with Crippen molar-refractivity contribution in [2.24, 2.45) is 15.7 Å². The monoisotopic (exact) mass is 265 g/mol. The third-order valence-corrected chi connectivity index (χ3v) is 4.67. The predicted octanol–water partition coefficient (Wildman–Crippen LogP) is 2.21. The summed E-state index contributed by atoms with van der Waals surface area (Å²) in [5, 5.41) is 2.10. The van der Waals surface area contributed by atoms with E-state index in [0.29, 0.717) is 6.54 Å². The van der Waals surface area contributed by atoms with Crippen molar-refractivity contribution >= 4 is 39.8 Å². The molecule has 0 aliphatic carbocycles. The maximum Gasteiger partial charge on any atom is 0.111 e. The molecule has 1 atom stereocenters. The SMILES string of the molecule is Cl.NC1=CS(c2ccccc2)=C2CN=CN=C12. The molecule has 1 aromatic carbocycles. The lowest BCUT2D eigenvalue weighted by atomic mass is 10.2. The minimum atomic E-state index is -0.0522. The minimum absolute atomic E-state index is 0. The van der Waals surface area contributed by atoms with Gasteiger partial charge in [0.1, 0.15) is 6.34 Å². The second-order valence-electron chi connectivity index (χ2n) is 3.58. The molecule has 17 heavy (non-hydrogen) atoms. The molecule has 0 aromatic heterocycles. The number of nitrogens with zero attached hydrogens (tertiary/aromatic N) is 2. The van der Waals surface area contributed by atoms with E-state index >= 15 is 0 Å². The van der Waals surface area contributed by atoms with E-state index in [9.17, 15) is 0 Å². The van der Waals surface area contributed by atoms with Crippen LogP contribution in [0.25, 0.3) is 0 Å². The number of allylic oxidation sites excluding steroid dienone is 1. The fourth-order valence-corrected chi connectivity index (χ4v) is 3.78. The van der Waals surface area contributed by atoms with Gasteiger partial charge in [-0.2, -0.15) is 0 Å². The Morgan fingerprint density at radius 2 is 1.94 bits per heavy atom. The first-order valence-electron chi connectivity index (χ1n) is 5.04. The lowest BCUT2D eigenvalue weighted by Gasteiger charge is -2.09. The fraction of sp³-hybridized carbons (Fsp3) is 0.0833. The molecule has 0 saturated carbocycles. The summed E-state index contributed by atoms with van der Waals surface area (Å²) in [5.74, 6) is 0. The molecule has 0 amide bonds. The van der Waals surface area contributed by atoms with Crippen LogP contribution in [-0.4, -0.2) is 23.5 Å². The Balaban J connectivity index is 0.00000108. The first kappa shape index (κ1) is 12.1. The zero-order valence-electron chi connectivity index (χ0n) is 9.04. The van der Waals surface area contributed by atoms with E-state index in [0.717, 1.165) is 11.4 Å². The number of aliphatic imine (C=N–C) groups is 2. The lowest BCUT2D eigenvalue weighted by molar-refractivity contribution is 1.31. The van der Waals surface area contributed by atoms with Crippen molar-refractivity contribution in [1.82, 2.24) is 0 Å². The van der Waals surface area contributed by atoms with Crippen LogP contribution in [0.3, 0.4) is 0 Å². The summed E-state index contributed by atoms with van der Waals surface area (Å²) < 4.78 is 0. The van der Waals surface area contributed by atoms with Crippen molar-refractivity contribution in [3.8, 4) is 0 Å². The van der Waals surface area contributed by atoms with Gasteiger partial charge in [0, 0.05) is 9.76 Å². The van der Waals surface area contributed by atoms with Crippen molar-refractivity contribution < 1.29 is 0 Å². The summed E-state index contributed by atoms with van der Waals surface area (Å²) in [7, 11) is -0.0522. The molecule has 0 radical (unpaired) electrons. The molecule has 1 unspecified atom stereocenters. The van der Waals surface area contributed by atoms with Gasteiger partial charge in [-0.1, -0.05) is 18.2 Å². The Hall–Kier alpha value is -1.39. The molecule has 2 heterocycles. The van der Waals surface area contributed by atoms with Gasteiger partial charge in [-0.25, -0.2) is 4.99 Å². The molecule has 5 heteroatoms. The van der Waals surface area contributed by atoms with Crippen molar-refractivity contribution in [2.75, 3.05) is 6.54 Å². The van der Waals surface area contributed by atoms with Gasteiger partial charge < -0.3 is 5.73 Å². The maximum absolute atomic E-state index is 5.97. The third-order valence-electron chi connectivity index (χ3n) is 2.55. The predicted molar refractivity (Wildman–Crippen MR) is 77.6 cm³/mol. The van der Waals surface area contributed by atoms with Crippen molar-refractivity contribution in [1.29, 1.82) is 0 Å². The zero-order valence-corrected chi connectivity index (χ0v) is 10.7. The van der Waals surface area contributed by atoms with Crippen LogP contribution in [0, 0.1) is 0 Å². The third kappa shape index (κ3) is 2.06. The molecule has 88 valence electrons. The Morgan fingerprint density at radius 3 is 2.71 bits per heavy atom. The Bertz CT molecular complexity index is 558. The molecular weight excluding hydrogens is 254 g/mol. The second-order valence-corrected chi connectivity index (χ2v) is 5.46. The van der Waals surface area contributed by atoms with Crippen molar-refractivity contribution in [2.45, 2.75) is 4.90 Å². The molecule has 2 N–H and O–H groups in total. The number of hydrogen-bond donors (Lipinski definition) is 1. The number of halogens is 1. The standard InChI is InChI=1S/C12H11N3S.ClH/c13-10-7-16(9-4-2-1-3-5-9)11-6-14-8-15-12(10)11;/h1-5,7-8H,6,13H2;1H. The summed E-state index contributed by atoms with van der Waals surface area (Å²) in [6, 6.07) is 10.4. The molecule has 0 saturated heterocycles. The Kier molecular flexibility index (Phi) is 3.45. The van der Waals surface area contributed by atoms with Gasteiger partial charge in [0.2, 0.25) is 0 Å². The van der Waals surface area contributed by atoms with E-state index in [2.05, 4.69) is 27.5 Å². The molecule has 2 aliphatic heterocycles. The summed E-state index contributed by atoms with van der Waals surface area (Å²) in [6.07, 6.45) is 1.59. The van der Waals surface area contributed by atoms with Gasteiger partial charge in [-0.15, -0.1) is 22.9 Å². The van der Waals surface area contributed by atoms with Crippen LogP contribution in [0.1, 0.15) is 0 Å². The molecule has 3 nitrogen and oxygen atoms in total. The van der Waals surface area contributed by atoms with Gasteiger partial charge >= 0.3 is 0 Å². The largest absolute Gasteiger partial charge is 0.397 e. The molecule has 2 aliphatic rings. The Morgan fingerprint density at radius 1 is 1.18 bits per heavy atom. The zero-order chi connectivity index (χ0) is 11.0. The van der Waals surface area contributed by atoms with Gasteiger partial charge in [0.25, 0.3) is 0 Å². The smallest absolute Gasteiger partial charge is 0.111 e. The highest BCUT2D eigenvalue weighted by Crippen LogP contribution is 2.35. The molecular formula is C12H12ClN3S. The van der Waals surface area contributed by atoms with E-state index in [1.807, 2.05) is 18.2 Å². The van der Waals surface area contributed by atoms with Gasteiger partial charge in [0.05, 0.1) is 18.0 Å². The number of benzene rings is 1. The first-order chi connectivity index (χ1) is 7.86. The van der Waals surface area contributed by atoms with Crippen LogP contribution in [-0.2, 0) is 0 Å². The highest BCUT2D eigenvalue weighted by atomic mass is 35.5. The van der Waals surface area contributed by atoms with E-state index in [4.69, 9.17) is 5.73 Å². The van der Waals surface area contributed by atoms with E-state index in [-0.39, 0.29) is 22.9 Å². The quantitative estimate of drug-likeness (QED) is 0.778. The molecule has 3 rings (SSSR count). The van der Waals surface area contributed by atoms with Crippen LogP contribution in [0.5, 0.6) is 0 Å². The average Bonchev–Trinajstić information content (AvgIpc) is 2.69. The van der Waals surface area contributed by atoms with Crippen LogP contribution < -0.4 is 5.73 Å². The van der Waals surface area contributed by atoms with Gasteiger partial charge in [-0.3, -0.25) is 4.99 Å². The summed E-state index contributed by atoms with van der Waals surface area (Å²) >= 11 is 0. The van der Waals surface area contributed by atoms with Gasteiger partial charge in [0.15, 0.2) is 0 Å². The van der Waals surface area contributed by atoms with Gasteiger partial charge in [-0.05, 0) is 17.5 Å². The second kappa shape index (κ2) is 4.85. The molecule has 0 fully saturated rings. The van der Waals surface area contributed by atoms with Crippen LogP contribution in [0.15, 0.2) is 56.3 Å². The average molecular weight is 266 g/mol. The number of nitrogens with two attached hydrogens (primary N) is 1. The number of fused-ring (bicyclic) bond motifs is 1. The molecule has 0 spiro atoms. The van der Waals surface area contributed by atoms with Crippen molar-refractivity contribution in [3.05, 3.63) is 41.4 Å². The molecule has 0 bridgehead atoms. The number of rotatable bonds is 1. The summed E-state index contributed by atoms with van der Waals surface area (Å²) in [6.45, 7) is 0.716. The minimum Gasteiger partial charge on any atom is -0.397 e. The summed E-state index contributed by atoms with van der Waals surface area (Å²) in [5.41, 5.74) is 7.69.